The summed E-state index contributed by atoms with van der Waals surface area (Å²) in [7, 11) is 3.68. The fraction of sp³-hybridized carbons (Fsp3) is 0.240. The molecule has 1 aliphatic heterocycles. The minimum atomic E-state index is -3.07. The normalized spacial score (nSPS) is 14.1. The molecular weight excluding hydrogens is 512 g/mol. The molecule has 0 saturated carbocycles. The highest BCUT2D eigenvalue weighted by atomic mass is 19.3. The maximum Gasteiger partial charge on any atom is 0.387 e. The molecule has 0 aliphatic carbocycles. The number of carbonyl (C=O) groups excluding carboxylic acids is 1. The third-order valence-corrected chi connectivity index (χ3v) is 6.26. The molecule has 1 N–H and O–H groups in total. The van der Waals surface area contributed by atoms with Crippen LogP contribution in [0.15, 0.2) is 61.4 Å². The molecule has 0 bridgehead atoms. The zero-order valence-electron chi connectivity index (χ0n) is 20.9. The summed E-state index contributed by atoms with van der Waals surface area (Å²) in [5, 5.41) is 15.7. The van der Waals surface area contributed by atoms with Gasteiger partial charge in [0.1, 0.15) is 22.8 Å². The summed E-state index contributed by atoms with van der Waals surface area (Å²) in [4.78, 5) is 19.5. The van der Waals surface area contributed by atoms with Crippen molar-refractivity contribution in [3.8, 4) is 28.5 Å². The number of benzene rings is 1. The fourth-order valence-corrected chi connectivity index (χ4v) is 4.45. The first kappa shape index (κ1) is 24.5. The number of aromatic nitrogens is 7. The molecule has 1 amide bonds. The largest absolute Gasteiger partial charge is 0.454 e. The quantitative estimate of drug-likeness (QED) is 0.321. The van der Waals surface area contributed by atoms with Gasteiger partial charge in [0.05, 0.1) is 35.9 Å². The number of amides is 1. The van der Waals surface area contributed by atoms with Crippen molar-refractivity contribution < 1.29 is 23.0 Å². The predicted octanol–water partition coefficient (Wildman–Crippen LogP) is 3.46. The summed E-state index contributed by atoms with van der Waals surface area (Å²) >= 11 is 0. The summed E-state index contributed by atoms with van der Waals surface area (Å²) in [6.45, 7) is -1.28. The van der Waals surface area contributed by atoms with Crippen LogP contribution in [0.5, 0.6) is 17.2 Å². The van der Waals surface area contributed by atoms with Crippen LogP contribution >= 0.6 is 0 Å². The van der Waals surface area contributed by atoms with Gasteiger partial charge in [0.15, 0.2) is 11.4 Å². The molecule has 4 aromatic heterocycles. The van der Waals surface area contributed by atoms with Crippen LogP contribution in [0.25, 0.3) is 16.9 Å². The SMILES string of the molecule is CN1CC(n2cc(Oc3ccc(OC(F)F)c(-c4nn(C)cc4NC(=O)c4cnn5cccnc45)c3)cn2)C1. The Kier molecular flexibility index (Phi) is 6.15. The van der Waals surface area contributed by atoms with Crippen molar-refractivity contribution >= 4 is 17.2 Å². The zero-order chi connectivity index (χ0) is 27.1. The van der Waals surface area contributed by atoms with E-state index in [1.807, 2.05) is 11.7 Å². The van der Waals surface area contributed by atoms with Crippen LogP contribution in [0.3, 0.4) is 0 Å². The van der Waals surface area contributed by atoms with Crippen LogP contribution < -0.4 is 14.8 Å². The molecule has 1 fully saturated rings. The molecule has 1 saturated heterocycles. The van der Waals surface area contributed by atoms with Gasteiger partial charge in [-0.3, -0.25) is 14.2 Å². The Bertz CT molecular complexity index is 1660. The predicted molar refractivity (Wildman–Crippen MR) is 135 cm³/mol. The number of nitrogens with one attached hydrogen (secondary N) is 1. The molecule has 5 heterocycles. The third-order valence-electron chi connectivity index (χ3n) is 6.26. The van der Waals surface area contributed by atoms with Gasteiger partial charge in [0.2, 0.25) is 0 Å². The van der Waals surface area contributed by atoms with Crippen LogP contribution in [-0.4, -0.2) is 71.7 Å². The van der Waals surface area contributed by atoms with Crippen LogP contribution in [0, 0.1) is 0 Å². The minimum absolute atomic E-state index is 0.127. The van der Waals surface area contributed by atoms with Gasteiger partial charge in [0, 0.05) is 38.7 Å². The van der Waals surface area contributed by atoms with E-state index in [2.05, 4.69) is 30.5 Å². The summed E-state index contributed by atoms with van der Waals surface area (Å²) in [5.74, 6) is 0.230. The number of hydrogen-bond donors (Lipinski definition) is 1. The molecule has 1 aliphatic rings. The maximum atomic E-state index is 13.3. The molecule has 0 atom stereocenters. The van der Waals surface area contributed by atoms with Gasteiger partial charge in [-0.25, -0.2) is 9.50 Å². The number of alkyl halides is 2. The first-order valence-corrected chi connectivity index (χ1v) is 12.0. The molecule has 0 unspecified atom stereocenters. The molecule has 6 rings (SSSR count). The molecule has 12 nitrogen and oxygen atoms in total. The average molecular weight is 536 g/mol. The zero-order valence-corrected chi connectivity index (χ0v) is 20.9. The Labute approximate surface area is 220 Å². The van der Waals surface area contributed by atoms with Crippen LogP contribution in [0.2, 0.25) is 0 Å². The summed E-state index contributed by atoms with van der Waals surface area (Å²) in [5.41, 5.74) is 1.29. The molecule has 14 heteroatoms. The highest BCUT2D eigenvalue weighted by Crippen LogP contribution is 2.39. The van der Waals surface area contributed by atoms with E-state index in [0.29, 0.717) is 17.1 Å². The Morgan fingerprint density at radius 3 is 2.77 bits per heavy atom. The number of ether oxygens (including phenoxy) is 2. The smallest absolute Gasteiger partial charge is 0.387 e. The lowest BCUT2D eigenvalue weighted by Crippen LogP contribution is -2.45. The Morgan fingerprint density at radius 2 is 1.97 bits per heavy atom. The average Bonchev–Trinajstić information content (AvgIpc) is 3.61. The van der Waals surface area contributed by atoms with E-state index in [-0.39, 0.29) is 34.3 Å². The highest BCUT2D eigenvalue weighted by Gasteiger charge is 2.26. The Hall–Kier alpha value is -4.85. The standard InChI is InChI=1S/C25H23F2N9O3/c1-33-11-15(12-33)36-13-17(9-29-36)38-16-4-5-21(39-25(26)27)18(8-16)22-20(14-34(2)32-22)31-24(37)19-10-30-35-7-3-6-28-23(19)35/h3-10,13-15,25H,11-12H2,1-2H3,(H,31,37). The van der Waals surface area contributed by atoms with E-state index < -0.39 is 12.5 Å². The molecule has 1 aromatic carbocycles. The van der Waals surface area contributed by atoms with E-state index >= 15 is 0 Å². The molecule has 5 aromatic rings. The van der Waals surface area contributed by atoms with Crippen molar-refractivity contribution in [3.63, 3.8) is 0 Å². The fourth-order valence-electron chi connectivity index (χ4n) is 4.45. The number of halogens is 2. The van der Waals surface area contributed by atoms with Crippen molar-refractivity contribution in [1.82, 2.24) is 39.1 Å². The second-order valence-electron chi connectivity index (χ2n) is 9.13. The van der Waals surface area contributed by atoms with E-state index in [4.69, 9.17) is 9.47 Å². The van der Waals surface area contributed by atoms with Gasteiger partial charge < -0.3 is 19.7 Å². The van der Waals surface area contributed by atoms with Gasteiger partial charge in [-0.05, 0) is 31.3 Å². The minimum Gasteiger partial charge on any atom is -0.454 e. The number of hydrogen-bond acceptors (Lipinski definition) is 8. The van der Waals surface area contributed by atoms with E-state index in [0.717, 1.165) is 13.1 Å². The maximum absolute atomic E-state index is 13.3. The van der Waals surface area contributed by atoms with Crippen LogP contribution in [0.4, 0.5) is 14.5 Å². The number of nitrogens with zero attached hydrogens (tertiary/aromatic N) is 8. The van der Waals surface area contributed by atoms with Crippen LogP contribution in [-0.2, 0) is 7.05 Å². The van der Waals surface area contributed by atoms with Gasteiger partial charge in [0.25, 0.3) is 5.91 Å². The second kappa shape index (κ2) is 9.79. The molecule has 200 valence electrons. The number of anilines is 1. The number of rotatable bonds is 8. The first-order chi connectivity index (χ1) is 18.8. The summed E-state index contributed by atoms with van der Waals surface area (Å²) in [6, 6.07) is 6.38. The topological polar surface area (TPSA) is 117 Å². The molecular formula is C25H23F2N9O3. The number of fused-ring (bicyclic) bond motifs is 1. The van der Waals surface area contributed by atoms with E-state index in [9.17, 15) is 13.6 Å². The summed E-state index contributed by atoms with van der Waals surface area (Å²) in [6.07, 6.45) is 9.57. The molecule has 0 radical (unpaired) electrons. The lowest BCUT2D eigenvalue weighted by molar-refractivity contribution is -0.0494. The van der Waals surface area contributed by atoms with Gasteiger partial charge in [-0.15, -0.1) is 0 Å². The third kappa shape index (κ3) is 4.88. The second-order valence-corrected chi connectivity index (χ2v) is 9.13. The number of likely N-dealkylation sites (N-methyl/N-ethyl adjacent to an activating group) is 1. The Morgan fingerprint density at radius 1 is 1.13 bits per heavy atom. The molecule has 0 spiro atoms. The first-order valence-electron chi connectivity index (χ1n) is 12.0. The van der Waals surface area contributed by atoms with E-state index in [1.165, 1.54) is 33.6 Å². The van der Waals surface area contributed by atoms with Crippen LogP contribution in [0.1, 0.15) is 16.4 Å². The van der Waals surface area contributed by atoms with E-state index in [1.54, 1.807) is 44.1 Å². The lowest BCUT2D eigenvalue weighted by Gasteiger charge is -2.35. The summed E-state index contributed by atoms with van der Waals surface area (Å²) < 4.78 is 42.1. The van der Waals surface area contributed by atoms with Gasteiger partial charge in [-0.2, -0.15) is 24.1 Å². The highest BCUT2D eigenvalue weighted by molar-refractivity contribution is 6.09. The number of likely N-dealkylation sites (tertiary alicyclic amines) is 1. The molecule has 39 heavy (non-hydrogen) atoms. The van der Waals surface area contributed by atoms with Gasteiger partial charge >= 0.3 is 6.61 Å². The van der Waals surface area contributed by atoms with Crippen molar-refractivity contribution in [1.29, 1.82) is 0 Å². The van der Waals surface area contributed by atoms with Gasteiger partial charge in [-0.1, -0.05) is 0 Å². The van der Waals surface area contributed by atoms with Crippen molar-refractivity contribution in [2.45, 2.75) is 12.7 Å². The lowest BCUT2D eigenvalue weighted by atomic mass is 10.1. The Balaban J connectivity index is 1.31. The van der Waals surface area contributed by atoms with Crippen molar-refractivity contribution in [3.05, 3.63) is 67.0 Å². The number of carbonyl (C=O) groups is 1. The monoisotopic (exact) mass is 535 g/mol. The van der Waals surface area contributed by atoms with Crippen molar-refractivity contribution in [2.75, 3.05) is 25.5 Å². The van der Waals surface area contributed by atoms with Crippen molar-refractivity contribution in [2.24, 2.45) is 7.05 Å². The number of aryl methyl sites for hydroxylation is 1.